The summed E-state index contributed by atoms with van der Waals surface area (Å²) in [5.41, 5.74) is 2.26. The van der Waals surface area contributed by atoms with Crippen molar-refractivity contribution in [1.82, 2.24) is 0 Å². The van der Waals surface area contributed by atoms with Crippen LogP contribution in [0.5, 0.6) is 5.88 Å². The predicted octanol–water partition coefficient (Wildman–Crippen LogP) is 1.58. The average molecular weight is 215 g/mol. The van der Waals surface area contributed by atoms with Crippen LogP contribution in [-0.4, -0.2) is 0 Å². The number of rotatable bonds is 3. The first-order valence-electron chi connectivity index (χ1n) is 5.20. The lowest BCUT2D eigenvalue weighted by Crippen LogP contribution is -2.45. The maximum absolute atomic E-state index is 5.75. The van der Waals surface area contributed by atoms with E-state index >= 15 is 0 Å². The molecule has 0 aliphatic rings. The van der Waals surface area contributed by atoms with Crippen LogP contribution in [-0.2, 0) is 6.61 Å². The number of aryl methyl sites for hydroxylation is 1. The Hall–Kier alpha value is -2.03. The van der Waals surface area contributed by atoms with Crippen molar-refractivity contribution in [3.05, 3.63) is 59.8 Å². The van der Waals surface area contributed by atoms with E-state index in [9.17, 15) is 0 Å². The van der Waals surface area contributed by atoms with Gasteiger partial charge >= 0.3 is 5.88 Å². The number of hydrogen-bond donors (Lipinski definition) is 1. The fourth-order valence-corrected chi connectivity index (χ4v) is 1.44. The number of nitrogens with zero attached hydrogens (tertiary/aromatic N) is 1. The molecule has 0 saturated heterocycles. The molecular formula is C13H15N2O+. The van der Waals surface area contributed by atoms with E-state index in [-0.39, 0.29) is 0 Å². The Morgan fingerprint density at radius 3 is 2.69 bits per heavy atom. The maximum Gasteiger partial charge on any atom is 0.397 e. The van der Waals surface area contributed by atoms with Crippen molar-refractivity contribution in [2.45, 2.75) is 13.5 Å². The number of benzene rings is 1. The highest BCUT2D eigenvalue weighted by molar-refractivity contribution is 5.16. The highest BCUT2D eigenvalue weighted by atomic mass is 16.5. The molecule has 2 aromatic rings. The van der Waals surface area contributed by atoms with Gasteiger partial charge in [0.05, 0.1) is 6.07 Å². The molecule has 1 aromatic heterocycles. The van der Waals surface area contributed by atoms with Gasteiger partial charge in [-0.1, -0.05) is 35.0 Å². The Morgan fingerprint density at radius 1 is 1.19 bits per heavy atom. The van der Waals surface area contributed by atoms with E-state index in [2.05, 4.69) is 0 Å². The molecule has 0 saturated carbocycles. The second-order valence-corrected chi connectivity index (χ2v) is 3.72. The summed E-state index contributed by atoms with van der Waals surface area (Å²) in [7, 11) is 0. The van der Waals surface area contributed by atoms with Crippen LogP contribution in [0.4, 0.5) is 0 Å². The van der Waals surface area contributed by atoms with E-state index in [1.54, 1.807) is 6.20 Å². The van der Waals surface area contributed by atoms with Gasteiger partial charge in [-0.15, -0.1) is 0 Å². The lowest BCUT2D eigenvalue weighted by molar-refractivity contribution is -0.645. The van der Waals surface area contributed by atoms with Gasteiger partial charge in [0.25, 0.3) is 0 Å². The zero-order chi connectivity index (χ0) is 11.4. The molecule has 0 unspecified atom stereocenters. The maximum atomic E-state index is 5.75. The molecule has 0 spiro atoms. The number of ether oxygens (including phenoxy) is 1. The Kier molecular flexibility index (Phi) is 3.05. The lowest BCUT2D eigenvalue weighted by atomic mass is 10.2. The molecule has 3 heteroatoms. The second-order valence-electron chi connectivity index (χ2n) is 3.72. The molecule has 82 valence electrons. The number of hydrogen-bond acceptors (Lipinski definition) is 2. The number of nitrogen functional groups attached to an aromatic ring is 1. The van der Waals surface area contributed by atoms with Gasteiger partial charge in [0.1, 0.15) is 6.61 Å². The summed E-state index contributed by atoms with van der Waals surface area (Å²) >= 11 is 0. The first-order valence-corrected chi connectivity index (χ1v) is 5.20. The molecule has 1 aromatic carbocycles. The van der Waals surface area contributed by atoms with E-state index in [1.165, 1.54) is 4.68 Å². The zero-order valence-corrected chi connectivity index (χ0v) is 9.26. The van der Waals surface area contributed by atoms with Crippen molar-refractivity contribution >= 4 is 0 Å². The molecule has 16 heavy (non-hydrogen) atoms. The van der Waals surface area contributed by atoms with E-state index in [0.29, 0.717) is 12.5 Å². The highest BCUT2D eigenvalue weighted by Gasteiger charge is 2.08. The third-order valence-corrected chi connectivity index (χ3v) is 2.33. The van der Waals surface area contributed by atoms with E-state index in [1.807, 2.05) is 49.4 Å². The summed E-state index contributed by atoms with van der Waals surface area (Å²) in [6.45, 7) is 2.54. The Balaban J connectivity index is 2.08. The van der Waals surface area contributed by atoms with Crippen molar-refractivity contribution < 1.29 is 9.41 Å². The average Bonchev–Trinajstić information content (AvgIpc) is 2.32. The van der Waals surface area contributed by atoms with Crippen LogP contribution in [0.2, 0.25) is 0 Å². The fraction of sp³-hybridized carbons (Fsp3) is 0.154. The van der Waals surface area contributed by atoms with Crippen LogP contribution in [0, 0.1) is 6.92 Å². The molecule has 2 rings (SSSR count). The summed E-state index contributed by atoms with van der Waals surface area (Å²) in [4.78, 5) is 0. The molecular weight excluding hydrogens is 200 g/mol. The van der Waals surface area contributed by atoms with Crippen molar-refractivity contribution in [1.29, 1.82) is 0 Å². The normalized spacial score (nSPS) is 10.1. The van der Waals surface area contributed by atoms with Crippen molar-refractivity contribution in [3.63, 3.8) is 0 Å². The third kappa shape index (κ3) is 2.51. The minimum atomic E-state index is 0.529. The van der Waals surface area contributed by atoms with Gasteiger partial charge in [-0.3, -0.25) is 0 Å². The van der Waals surface area contributed by atoms with Crippen LogP contribution in [0.15, 0.2) is 48.7 Å². The van der Waals surface area contributed by atoms with E-state index < -0.39 is 0 Å². The van der Waals surface area contributed by atoms with Crippen molar-refractivity contribution in [3.8, 4) is 5.88 Å². The van der Waals surface area contributed by atoms with Crippen molar-refractivity contribution in [2.75, 3.05) is 5.84 Å². The summed E-state index contributed by atoms with van der Waals surface area (Å²) in [6, 6.07) is 13.9. The summed E-state index contributed by atoms with van der Waals surface area (Å²) in [5.74, 6) is 6.42. The van der Waals surface area contributed by atoms with Gasteiger partial charge in [-0.25, -0.2) is 5.84 Å². The minimum Gasteiger partial charge on any atom is -0.438 e. The molecule has 1 heterocycles. The number of aromatic nitrogens is 1. The summed E-state index contributed by atoms with van der Waals surface area (Å²) < 4.78 is 7.12. The largest absolute Gasteiger partial charge is 0.438 e. The molecule has 3 nitrogen and oxygen atoms in total. The SMILES string of the molecule is Cc1cc[n+](N)c(OCc2ccccc2)c1. The Bertz CT molecular complexity index is 469. The predicted molar refractivity (Wildman–Crippen MR) is 62.3 cm³/mol. The Morgan fingerprint density at radius 2 is 1.94 bits per heavy atom. The van der Waals surface area contributed by atoms with E-state index in [0.717, 1.165) is 11.1 Å². The molecule has 0 atom stereocenters. The highest BCUT2D eigenvalue weighted by Crippen LogP contribution is 2.08. The minimum absolute atomic E-state index is 0.529. The fourth-order valence-electron chi connectivity index (χ4n) is 1.44. The second kappa shape index (κ2) is 4.66. The lowest BCUT2D eigenvalue weighted by Gasteiger charge is -2.03. The monoisotopic (exact) mass is 215 g/mol. The Labute approximate surface area is 95.1 Å². The van der Waals surface area contributed by atoms with Crippen LogP contribution < -0.4 is 15.3 Å². The van der Waals surface area contributed by atoms with Crippen molar-refractivity contribution in [2.24, 2.45) is 0 Å². The molecule has 0 bridgehead atoms. The molecule has 0 fully saturated rings. The van der Waals surface area contributed by atoms with Gasteiger partial charge in [-0.2, -0.15) is 0 Å². The standard InChI is InChI=1S/C13H15N2O/c1-11-7-8-15(14)13(9-11)16-10-12-5-3-2-4-6-12/h2-9H,10,14H2,1H3/q+1. The molecule has 2 N–H and O–H groups in total. The first-order chi connectivity index (χ1) is 7.75. The summed E-state index contributed by atoms with van der Waals surface area (Å²) in [6.07, 6.45) is 1.79. The van der Waals surface area contributed by atoms with Gasteiger partial charge in [-0.05, 0) is 18.1 Å². The van der Waals surface area contributed by atoms with Crippen LogP contribution >= 0.6 is 0 Å². The number of pyridine rings is 1. The van der Waals surface area contributed by atoms with Gasteiger partial charge in [0, 0.05) is 6.07 Å². The van der Waals surface area contributed by atoms with Gasteiger partial charge in [0.15, 0.2) is 0 Å². The molecule has 0 aliphatic carbocycles. The molecule has 0 aliphatic heterocycles. The summed E-state index contributed by atoms with van der Waals surface area (Å²) in [5, 5.41) is 0. The first kappa shape index (κ1) is 10.5. The van der Waals surface area contributed by atoms with E-state index in [4.69, 9.17) is 10.6 Å². The van der Waals surface area contributed by atoms with Gasteiger partial charge in [0.2, 0.25) is 6.20 Å². The molecule has 0 amide bonds. The van der Waals surface area contributed by atoms with Crippen LogP contribution in [0.1, 0.15) is 11.1 Å². The quantitative estimate of drug-likeness (QED) is 0.623. The van der Waals surface area contributed by atoms with Crippen LogP contribution in [0.3, 0.4) is 0 Å². The topological polar surface area (TPSA) is 39.1 Å². The number of nitrogens with two attached hydrogens (primary N) is 1. The molecule has 0 radical (unpaired) electrons. The zero-order valence-electron chi connectivity index (χ0n) is 9.26. The third-order valence-electron chi connectivity index (χ3n) is 2.33. The smallest absolute Gasteiger partial charge is 0.397 e. The van der Waals surface area contributed by atoms with Gasteiger partial charge < -0.3 is 4.74 Å². The van der Waals surface area contributed by atoms with Crippen LogP contribution in [0.25, 0.3) is 0 Å².